The van der Waals surface area contributed by atoms with E-state index >= 15 is 0 Å². The molecule has 1 atom stereocenters. The number of hydrogen-bond donors (Lipinski definition) is 4. The summed E-state index contributed by atoms with van der Waals surface area (Å²) in [5, 5.41) is 30.7. The van der Waals surface area contributed by atoms with Crippen molar-refractivity contribution >= 4 is 11.9 Å². The lowest BCUT2D eigenvalue weighted by molar-refractivity contribution is -0.142. The van der Waals surface area contributed by atoms with E-state index in [4.69, 9.17) is 5.11 Å². The van der Waals surface area contributed by atoms with Gasteiger partial charge in [0.15, 0.2) is 0 Å². The Kier molecular flexibility index (Phi) is 3.57. The molecule has 0 saturated carbocycles. The van der Waals surface area contributed by atoms with E-state index < -0.39 is 17.9 Å². The highest BCUT2D eigenvalue weighted by atomic mass is 16.4. The maximum Gasteiger partial charge on any atom is 0.327 e. The highest BCUT2D eigenvalue weighted by Crippen LogP contribution is 2.22. The van der Waals surface area contributed by atoms with Crippen molar-refractivity contribution in [3.63, 3.8) is 0 Å². The second-order valence-electron chi connectivity index (χ2n) is 4.29. The number of nitrogens with zero attached hydrogens (tertiary/aromatic N) is 1. The first kappa shape index (κ1) is 13.2. The highest BCUT2D eigenvalue weighted by Gasteiger charge is 2.32. The largest absolute Gasteiger partial charge is 0.508 e. The van der Waals surface area contributed by atoms with Gasteiger partial charge in [-0.05, 0) is 12.1 Å². The quantitative estimate of drug-likeness (QED) is 0.579. The van der Waals surface area contributed by atoms with Crippen LogP contribution in [0.15, 0.2) is 18.2 Å². The molecule has 1 aromatic carbocycles. The molecule has 1 aromatic rings. The molecule has 0 aliphatic carbocycles. The molecule has 7 heteroatoms. The molecule has 1 heterocycles. The van der Waals surface area contributed by atoms with Gasteiger partial charge in [-0.3, -0.25) is 4.79 Å². The first-order chi connectivity index (χ1) is 8.99. The van der Waals surface area contributed by atoms with Crippen LogP contribution in [0.2, 0.25) is 0 Å². The number of carboxylic acids is 1. The molecule has 1 aliphatic rings. The number of hydrogen-bond acceptors (Lipinski definition) is 5. The molecule has 1 saturated heterocycles. The number of aromatic hydroxyl groups is 2. The summed E-state index contributed by atoms with van der Waals surface area (Å²) in [6.07, 6.45) is 0. The number of carbonyl (C=O) groups is 2. The molecular formula is C12H14N2O5. The van der Waals surface area contributed by atoms with Crippen LogP contribution < -0.4 is 5.32 Å². The van der Waals surface area contributed by atoms with Crippen LogP contribution in [0.3, 0.4) is 0 Å². The van der Waals surface area contributed by atoms with Crippen molar-refractivity contribution in [1.82, 2.24) is 10.2 Å². The Morgan fingerprint density at radius 2 is 1.84 bits per heavy atom. The van der Waals surface area contributed by atoms with Crippen LogP contribution in [0.1, 0.15) is 10.4 Å². The van der Waals surface area contributed by atoms with Gasteiger partial charge >= 0.3 is 5.97 Å². The first-order valence-corrected chi connectivity index (χ1v) is 5.76. The normalized spacial score (nSPS) is 19.2. The third-order valence-electron chi connectivity index (χ3n) is 2.94. The number of carbonyl (C=O) groups excluding carboxylic acids is 1. The minimum absolute atomic E-state index is 0.0608. The van der Waals surface area contributed by atoms with Gasteiger partial charge in [0, 0.05) is 31.3 Å². The van der Waals surface area contributed by atoms with Crippen LogP contribution in [0, 0.1) is 0 Å². The van der Waals surface area contributed by atoms with E-state index in [1.807, 2.05) is 0 Å². The van der Waals surface area contributed by atoms with Crippen molar-refractivity contribution in [2.45, 2.75) is 6.04 Å². The summed E-state index contributed by atoms with van der Waals surface area (Å²) in [7, 11) is 0. The van der Waals surface area contributed by atoms with Gasteiger partial charge in [0.2, 0.25) is 0 Å². The molecule has 7 nitrogen and oxygen atoms in total. The zero-order valence-corrected chi connectivity index (χ0v) is 10.0. The number of piperazine rings is 1. The summed E-state index contributed by atoms with van der Waals surface area (Å²) in [6.45, 7) is 0.929. The summed E-state index contributed by atoms with van der Waals surface area (Å²) in [4.78, 5) is 24.5. The summed E-state index contributed by atoms with van der Waals surface area (Å²) < 4.78 is 0. The van der Waals surface area contributed by atoms with Crippen molar-refractivity contribution in [3.05, 3.63) is 23.8 Å². The number of nitrogens with one attached hydrogen (secondary N) is 1. The standard InChI is InChI=1S/C12H14N2O5/c15-8-3-7(4-9(16)5-8)11(17)14-2-1-13-6-10(14)12(18)19/h3-5,10,13,15-16H,1-2,6H2,(H,18,19). The van der Waals surface area contributed by atoms with Crippen molar-refractivity contribution in [2.75, 3.05) is 19.6 Å². The SMILES string of the molecule is O=C(O)C1CNCCN1C(=O)c1cc(O)cc(O)c1. The molecule has 19 heavy (non-hydrogen) atoms. The topological polar surface area (TPSA) is 110 Å². The fraction of sp³-hybridized carbons (Fsp3) is 0.333. The van der Waals surface area contributed by atoms with E-state index in [1.165, 1.54) is 17.0 Å². The lowest BCUT2D eigenvalue weighted by Gasteiger charge is -2.33. The van der Waals surface area contributed by atoms with E-state index in [0.717, 1.165) is 6.07 Å². The molecule has 0 spiro atoms. The molecule has 102 valence electrons. The fourth-order valence-electron chi connectivity index (χ4n) is 2.05. The molecule has 1 aliphatic heterocycles. The molecule has 1 amide bonds. The predicted octanol–water partition coefficient (Wildman–Crippen LogP) is -0.404. The van der Waals surface area contributed by atoms with Gasteiger partial charge in [-0.2, -0.15) is 0 Å². The van der Waals surface area contributed by atoms with Gasteiger partial charge in [-0.15, -0.1) is 0 Å². The molecule has 0 aromatic heterocycles. The number of phenols is 2. The molecule has 4 N–H and O–H groups in total. The summed E-state index contributed by atoms with van der Waals surface area (Å²) >= 11 is 0. The van der Waals surface area contributed by atoms with Gasteiger partial charge in [-0.1, -0.05) is 0 Å². The van der Waals surface area contributed by atoms with Gasteiger partial charge in [0.05, 0.1) is 0 Å². The minimum atomic E-state index is -1.09. The summed E-state index contributed by atoms with van der Waals surface area (Å²) in [5.41, 5.74) is 0.0608. The Balaban J connectivity index is 2.28. The molecule has 1 unspecified atom stereocenters. The number of phenolic OH excluding ortho intramolecular Hbond substituents is 2. The van der Waals surface area contributed by atoms with Crippen molar-refractivity contribution in [3.8, 4) is 11.5 Å². The van der Waals surface area contributed by atoms with E-state index in [-0.39, 0.29) is 30.2 Å². The van der Waals surface area contributed by atoms with Crippen molar-refractivity contribution in [2.24, 2.45) is 0 Å². The maximum absolute atomic E-state index is 12.2. The molecule has 1 fully saturated rings. The van der Waals surface area contributed by atoms with Crippen LogP contribution in [0.4, 0.5) is 0 Å². The van der Waals surface area contributed by atoms with E-state index in [1.54, 1.807) is 0 Å². The Labute approximate surface area is 109 Å². The zero-order chi connectivity index (χ0) is 14.0. The highest BCUT2D eigenvalue weighted by molar-refractivity contribution is 5.97. The van der Waals surface area contributed by atoms with E-state index in [0.29, 0.717) is 6.54 Å². The van der Waals surface area contributed by atoms with Gasteiger partial charge in [-0.25, -0.2) is 4.79 Å². The average Bonchev–Trinajstić information content (AvgIpc) is 2.36. The first-order valence-electron chi connectivity index (χ1n) is 5.76. The van der Waals surface area contributed by atoms with Crippen molar-refractivity contribution < 1.29 is 24.9 Å². The van der Waals surface area contributed by atoms with Crippen molar-refractivity contribution in [1.29, 1.82) is 0 Å². The second kappa shape index (κ2) is 5.15. The Hall–Kier alpha value is -2.28. The Morgan fingerprint density at radius 1 is 1.21 bits per heavy atom. The van der Waals surface area contributed by atoms with Gasteiger partial charge < -0.3 is 25.5 Å². The monoisotopic (exact) mass is 266 g/mol. The smallest absolute Gasteiger partial charge is 0.327 e. The number of aliphatic carboxylic acids is 1. The number of benzene rings is 1. The van der Waals surface area contributed by atoms with Crippen LogP contribution in [-0.4, -0.2) is 57.8 Å². The van der Waals surface area contributed by atoms with Crippen LogP contribution in [-0.2, 0) is 4.79 Å². The van der Waals surface area contributed by atoms with Gasteiger partial charge in [0.1, 0.15) is 17.5 Å². The molecule has 0 bridgehead atoms. The minimum Gasteiger partial charge on any atom is -0.508 e. The molecule has 0 radical (unpaired) electrons. The van der Waals surface area contributed by atoms with E-state index in [9.17, 15) is 19.8 Å². The third kappa shape index (κ3) is 2.76. The lowest BCUT2D eigenvalue weighted by atomic mass is 10.1. The molecule has 2 rings (SSSR count). The number of amides is 1. The third-order valence-corrected chi connectivity index (χ3v) is 2.94. The van der Waals surface area contributed by atoms with Crippen LogP contribution in [0.25, 0.3) is 0 Å². The zero-order valence-electron chi connectivity index (χ0n) is 10.0. The second-order valence-corrected chi connectivity index (χ2v) is 4.29. The van der Waals surface area contributed by atoms with Gasteiger partial charge in [0.25, 0.3) is 5.91 Å². The Morgan fingerprint density at radius 3 is 2.42 bits per heavy atom. The van der Waals surface area contributed by atoms with E-state index in [2.05, 4.69) is 5.32 Å². The maximum atomic E-state index is 12.2. The van der Waals surface area contributed by atoms with Crippen LogP contribution in [0.5, 0.6) is 11.5 Å². The lowest BCUT2D eigenvalue weighted by Crippen LogP contribution is -2.56. The molecular weight excluding hydrogens is 252 g/mol. The summed E-state index contributed by atoms with van der Waals surface area (Å²) in [5.74, 6) is -2.11. The Bertz CT molecular complexity index is 497. The number of carboxylic acid groups (broad SMARTS) is 1. The number of rotatable bonds is 2. The van der Waals surface area contributed by atoms with Crippen LogP contribution >= 0.6 is 0 Å². The average molecular weight is 266 g/mol. The summed E-state index contributed by atoms with van der Waals surface area (Å²) in [6, 6.07) is 2.54. The predicted molar refractivity (Wildman–Crippen MR) is 65.1 cm³/mol. The fourth-order valence-corrected chi connectivity index (χ4v) is 2.05.